The van der Waals surface area contributed by atoms with Crippen molar-refractivity contribution in [1.82, 2.24) is 0 Å². The van der Waals surface area contributed by atoms with Crippen LogP contribution < -0.4 is 0 Å². The molecule has 60 valence electrons. The third-order valence-corrected chi connectivity index (χ3v) is 2.87. The van der Waals surface area contributed by atoms with Crippen LogP contribution in [0, 0.1) is 5.92 Å². The molecule has 10 heavy (non-hydrogen) atoms. The van der Waals surface area contributed by atoms with Crippen LogP contribution in [0.5, 0.6) is 0 Å². The predicted octanol–water partition coefficient (Wildman–Crippen LogP) is 2.17. The van der Waals surface area contributed by atoms with E-state index in [-0.39, 0.29) is 0 Å². The highest BCUT2D eigenvalue weighted by molar-refractivity contribution is 14.1. The van der Waals surface area contributed by atoms with E-state index in [2.05, 4.69) is 6.92 Å². The van der Waals surface area contributed by atoms with Crippen molar-refractivity contribution in [3.63, 3.8) is 0 Å². The third kappa shape index (κ3) is 2.36. The van der Waals surface area contributed by atoms with Gasteiger partial charge in [-0.05, 0) is 25.7 Å². The molecule has 1 heterocycles. The van der Waals surface area contributed by atoms with Crippen molar-refractivity contribution in [2.45, 2.75) is 25.9 Å². The minimum atomic E-state index is 0.393. The summed E-state index contributed by atoms with van der Waals surface area (Å²) in [7, 11) is 0. The Balaban J connectivity index is 2.24. The second-order valence-corrected chi connectivity index (χ2v) is 3.25. The molecular weight excluding hydrogens is 243 g/mol. The highest BCUT2D eigenvalue weighted by Gasteiger charge is 2.20. The van der Waals surface area contributed by atoms with Gasteiger partial charge >= 0.3 is 0 Å². The Hall–Kier alpha value is 0.650. The zero-order chi connectivity index (χ0) is 7.40. The largest absolute Gasteiger partial charge is 0.381 e. The lowest BCUT2D eigenvalue weighted by Crippen LogP contribution is -2.25. The van der Waals surface area contributed by atoms with Crippen molar-refractivity contribution in [3.05, 3.63) is 0 Å². The summed E-state index contributed by atoms with van der Waals surface area (Å²) in [5.41, 5.74) is 0. The van der Waals surface area contributed by atoms with E-state index in [1.54, 1.807) is 0 Å². The van der Waals surface area contributed by atoms with Crippen molar-refractivity contribution < 1.29 is 7.80 Å². The van der Waals surface area contributed by atoms with Gasteiger partial charge in [0.25, 0.3) is 0 Å². The number of halogens is 1. The third-order valence-electron chi connectivity index (χ3n) is 2.07. The van der Waals surface area contributed by atoms with E-state index in [1.807, 2.05) is 23.0 Å². The second-order valence-electron chi connectivity index (χ2n) is 2.74. The molecule has 0 bridgehead atoms. The van der Waals surface area contributed by atoms with Crippen LogP contribution in [0.3, 0.4) is 0 Å². The maximum atomic E-state index is 5.24. The first kappa shape index (κ1) is 8.74. The summed E-state index contributed by atoms with van der Waals surface area (Å²) in [6, 6.07) is 0. The Morgan fingerprint density at radius 2 is 2.10 bits per heavy atom. The normalized spacial score (nSPS) is 24.6. The fraction of sp³-hybridized carbons (Fsp3) is 1.00. The Kier molecular flexibility index (Phi) is 3.95. The molecule has 0 aliphatic carbocycles. The Labute approximate surface area is 76.0 Å². The summed E-state index contributed by atoms with van der Waals surface area (Å²) in [6.07, 6.45) is 2.71. The number of ether oxygens (including phenoxy) is 1. The summed E-state index contributed by atoms with van der Waals surface area (Å²) in [5.74, 6) is 0.714. The molecule has 1 rings (SSSR count). The zero-order valence-corrected chi connectivity index (χ0v) is 8.34. The second kappa shape index (κ2) is 4.51. The van der Waals surface area contributed by atoms with Crippen LogP contribution >= 0.6 is 23.0 Å². The van der Waals surface area contributed by atoms with E-state index >= 15 is 0 Å². The van der Waals surface area contributed by atoms with Gasteiger partial charge in [-0.1, -0.05) is 0 Å². The van der Waals surface area contributed by atoms with Gasteiger partial charge in [0.05, 0.1) is 6.10 Å². The Morgan fingerprint density at radius 1 is 1.50 bits per heavy atom. The molecular formula is C7H13IO2. The molecule has 0 aromatic heterocycles. The van der Waals surface area contributed by atoms with Gasteiger partial charge in [-0.3, -0.25) is 0 Å². The quantitative estimate of drug-likeness (QED) is 0.705. The van der Waals surface area contributed by atoms with Gasteiger partial charge < -0.3 is 7.80 Å². The van der Waals surface area contributed by atoms with Gasteiger partial charge in [-0.25, -0.2) is 0 Å². The molecule has 1 atom stereocenters. The minimum absolute atomic E-state index is 0.393. The number of hydrogen-bond acceptors (Lipinski definition) is 2. The van der Waals surface area contributed by atoms with E-state index in [9.17, 15) is 0 Å². The predicted molar refractivity (Wildman–Crippen MR) is 48.1 cm³/mol. The monoisotopic (exact) mass is 256 g/mol. The fourth-order valence-corrected chi connectivity index (χ4v) is 1.67. The maximum absolute atomic E-state index is 5.24. The average Bonchev–Trinajstić information content (AvgIpc) is 2.05. The molecule has 0 amide bonds. The standard InChI is InChI=1S/C7H13IO2/c1-6(10-8)7-2-4-9-5-3-7/h6-7H,2-5H2,1H3/t6-/m1/s1. The molecule has 0 aromatic carbocycles. The molecule has 0 aromatic rings. The van der Waals surface area contributed by atoms with Crippen molar-refractivity contribution in [2.75, 3.05) is 13.2 Å². The molecule has 1 aliphatic rings. The molecule has 0 unspecified atom stereocenters. The summed E-state index contributed by atoms with van der Waals surface area (Å²) in [4.78, 5) is 0. The van der Waals surface area contributed by atoms with Crippen LogP contribution in [0.4, 0.5) is 0 Å². The van der Waals surface area contributed by atoms with Gasteiger partial charge in [-0.2, -0.15) is 0 Å². The highest BCUT2D eigenvalue weighted by Crippen LogP contribution is 2.21. The lowest BCUT2D eigenvalue weighted by Gasteiger charge is -2.25. The molecule has 1 aliphatic heterocycles. The Morgan fingerprint density at radius 3 is 2.60 bits per heavy atom. The van der Waals surface area contributed by atoms with Gasteiger partial charge in [0.2, 0.25) is 0 Å². The molecule has 0 N–H and O–H groups in total. The molecule has 0 spiro atoms. The maximum Gasteiger partial charge on any atom is 0.110 e. The molecule has 0 saturated carbocycles. The smallest absolute Gasteiger partial charge is 0.110 e. The van der Waals surface area contributed by atoms with E-state index in [0.29, 0.717) is 12.0 Å². The Bertz CT molecular complexity index is 91.6. The van der Waals surface area contributed by atoms with Crippen LogP contribution in [0.15, 0.2) is 0 Å². The van der Waals surface area contributed by atoms with Crippen LogP contribution in [-0.4, -0.2) is 19.3 Å². The van der Waals surface area contributed by atoms with Crippen LogP contribution in [0.2, 0.25) is 0 Å². The van der Waals surface area contributed by atoms with Crippen molar-refractivity contribution in [3.8, 4) is 0 Å². The van der Waals surface area contributed by atoms with Crippen LogP contribution in [0.25, 0.3) is 0 Å². The van der Waals surface area contributed by atoms with E-state index < -0.39 is 0 Å². The highest BCUT2D eigenvalue weighted by atomic mass is 127. The molecule has 3 heteroatoms. The summed E-state index contributed by atoms with van der Waals surface area (Å²) >= 11 is 1.97. The fourth-order valence-electron chi connectivity index (χ4n) is 1.26. The van der Waals surface area contributed by atoms with Gasteiger partial charge in [0, 0.05) is 13.2 Å². The molecule has 2 nitrogen and oxygen atoms in total. The van der Waals surface area contributed by atoms with E-state index in [0.717, 1.165) is 26.1 Å². The average molecular weight is 256 g/mol. The first-order chi connectivity index (χ1) is 4.84. The zero-order valence-electron chi connectivity index (χ0n) is 6.18. The lowest BCUT2D eigenvalue weighted by molar-refractivity contribution is 0.0353. The first-order valence-electron chi connectivity index (χ1n) is 3.69. The van der Waals surface area contributed by atoms with E-state index in [4.69, 9.17) is 7.80 Å². The first-order valence-corrected chi connectivity index (χ1v) is 4.58. The number of hydrogen-bond donors (Lipinski definition) is 0. The van der Waals surface area contributed by atoms with Crippen LogP contribution in [0.1, 0.15) is 19.8 Å². The van der Waals surface area contributed by atoms with Gasteiger partial charge in [0.1, 0.15) is 23.0 Å². The molecule has 1 fully saturated rings. The minimum Gasteiger partial charge on any atom is -0.381 e. The van der Waals surface area contributed by atoms with Crippen LogP contribution in [-0.2, 0) is 7.80 Å². The lowest BCUT2D eigenvalue weighted by atomic mass is 9.95. The molecule has 1 saturated heterocycles. The van der Waals surface area contributed by atoms with Gasteiger partial charge in [-0.15, -0.1) is 0 Å². The van der Waals surface area contributed by atoms with Gasteiger partial charge in [0.15, 0.2) is 0 Å². The van der Waals surface area contributed by atoms with Crippen molar-refractivity contribution in [1.29, 1.82) is 0 Å². The summed E-state index contributed by atoms with van der Waals surface area (Å²) < 4.78 is 10.4. The van der Waals surface area contributed by atoms with Crippen molar-refractivity contribution >= 4 is 23.0 Å². The topological polar surface area (TPSA) is 18.5 Å². The summed E-state index contributed by atoms with van der Waals surface area (Å²) in [5, 5.41) is 0. The SMILES string of the molecule is C[C@@H](OI)C1CCOCC1. The molecule has 0 radical (unpaired) electrons. The van der Waals surface area contributed by atoms with E-state index in [1.165, 1.54) is 0 Å². The van der Waals surface area contributed by atoms with Crippen molar-refractivity contribution in [2.24, 2.45) is 5.92 Å². The number of rotatable bonds is 2. The summed E-state index contributed by atoms with van der Waals surface area (Å²) in [6.45, 7) is 3.95.